The molecule has 3 rings (SSSR count). The van der Waals surface area contributed by atoms with Crippen LogP contribution in [0.25, 0.3) is 10.8 Å². The largest absolute Gasteiger partial charge is 0.409 e. The van der Waals surface area contributed by atoms with Gasteiger partial charge in [0.15, 0.2) is 0 Å². The van der Waals surface area contributed by atoms with Crippen LogP contribution in [-0.4, -0.2) is 23.6 Å². The zero-order chi connectivity index (χ0) is 17.7. The summed E-state index contributed by atoms with van der Waals surface area (Å²) in [5.41, 5.74) is 1.08. The number of halogens is 4. The molecule has 0 spiro atoms. The normalized spacial score (nSPS) is 19.5. The van der Waals surface area contributed by atoms with Crippen LogP contribution < -0.4 is 5.43 Å². The predicted molar refractivity (Wildman–Crippen MR) is 81.3 cm³/mol. The minimum Gasteiger partial charge on any atom is -0.287 e. The van der Waals surface area contributed by atoms with E-state index in [4.69, 9.17) is 0 Å². The molecular weight excluding hydrogens is 324 g/mol. The van der Waals surface area contributed by atoms with E-state index in [2.05, 4.69) is 5.43 Å². The maximum Gasteiger partial charge on any atom is 0.409 e. The maximum atomic E-state index is 14.2. The summed E-state index contributed by atoms with van der Waals surface area (Å²) in [5, 5.41) is 1.48. The fourth-order valence-electron chi connectivity index (χ4n) is 2.96. The molecule has 1 amide bonds. The Bertz CT molecular complexity index is 801. The highest BCUT2D eigenvalue weighted by Gasteiger charge is 2.51. The van der Waals surface area contributed by atoms with E-state index in [1.54, 1.807) is 32.0 Å². The Morgan fingerprint density at radius 1 is 1.21 bits per heavy atom. The molecule has 0 radical (unpaired) electrons. The third kappa shape index (κ3) is 2.84. The van der Waals surface area contributed by atoms with Crippen molar-refractivity contribution in [1.82, 2.24) is 10.4 Å². The van der Waals surface area contributed by atoms with Gasteiger partial charge in [-0.3, -0.25) is 10.2 Å². The number of benzene rings is 2. The van der Waals surface area contributed by atoms with Crippen LogP contribution in [0.15, 0.2) is 36.4 Å². The van der Waals surface area contributed by atoms with Crippen molar-refractivity contribution < 1.29 is 22.4 Å². The van der Waals surface area contributed by atoms with Gasteiger partial charge in [-0.05, 0) is 36.9 Å². The fraction of sp³-hybridized carbons (Fsp3) is 0.353. The van der Waals surface area contributed by atoms with Crippen LogP contribution in [0.4, 0.5) is 17.6 Å². The summed E-state index contributed by atoms with van der Waals surface area (Å²) >= 11 is 0. The van der Waals surface area contributed by atoms with Gasteiger partial charge in [0.2, 0.25) is 5.91 Å². The zero-order valence-corrected chi connectivity index (χ0v) is 13.1. The number of nitrogens with zero attached hydrogens (tertiary/aromatic N) is 1. The van der Waals surface area contributed by atoms with Crippen LogP contribution in [0.2, 0.25) is 0 Å². The lowest BCUT2D eigenvalue weighted by Crippen LogP contribution is -2.43. The third-order valence-corrected chi connectivity index (χ3v) is 4.20. The molecule has 1 N–H and O–H groups in total. The quantitative estimate of drug-likeness (QED) is 0.840. The van der Waals surface area contributed by atoms with Crippen molar-refractivity contribution in [1.29, 1.82) is 0 Å². The van der Waals surface area contributed by atoms with Crippen molar-refractivity contribution in [3.05, 3.63) is 47.8 Å². The summed E-state index contributed by atoms with van der Waals surface area (Å²) in [6.45, 7) is 3.01. The molecular formula is C17H16F4N2O. The summed E-state index contributed by atoms with van der Waals surface area (Å²) < 4.78 is 55.2. The first-order valence-corrected chi connectivity index (χ1v) is 7.42. The Kier molecular flexibility index (Phi) is 3.79. The van der Waals surface area contributed by atoms with Crippen molar-refractivity contribution in [2.75, 3.05) is 6.54 Å². The molecule has 1 unspecified atom stereocenters. The first-order valence-electron chi connectivity index (χ1n) is 7.42. The first kappa shape index (κ1) is 16.7. The summed E-state index contributed by atoms with van der Waals surface area (Å²) in [6.07, 6.45) is -4.66. The first-order chi connectivity index (χ1) is 11.1. The van der Waals surface area contributed by atoms with Crippen LogP contribution in [0.1, 0.15) is 25.5 Å². The highest BCUT2D eigenvalue weighted by atomic mass is 19.4. The molecule has 24 heavy (non-hydrogen) atoms. The van der Waals surface area contributed by atoms with Crippen LogP contribution in [0.3, 0.4) is 0 Å². The zero-order valence-electron chi connectivity index (χ0n) is 13.1. The third-order valence-electron chi connectivity index (χ3n) is 4.20. The molecule has 128 valence electrons. The highest BCUT2D eigenvalue weighted by Crippen LogP contribution is 2.41. The number of rotatable bonds is 2. The lowest BCUT2D eigenvalue weighted by atomic mass is 9.93. The fourth-order valence-corrected chi connectivity index (χ4v) is 2.96. The van der Waals surface area contributed by atoms with E-state index in [0.29, 0.717) is 5.39 Å². The number of hydrazine groups is 1. The Labute approximate surface area is 136 Å². The summed E-state index contributed by atoms with van der Waals surface area (Å²) in [7, 11) is 0. The topological polar surface area (TPSA) is 32.3 Å². The van der Waals surface area contributed by atoms with Crippen molar-refractivity contribution in [3.63, 3.8) is 0 Å². The van der Waals surface area contributed by atoms with Gasteiger partial charge in [-0.2, -0.15) is 13.2 Å². The Morgan fingerprint density at radius 2 is 1.88 bits per heavy atom. The molecule has 0 bridgehead atoms. The molecule has 1 fully saturated rings. The van der Waals surface area contributed by atoms with Gasteiger partial charge in [-0.25, -0.2) is 9.40 Å². The number of carbonyl (C=O) groups is 1. The smallest absolute Gasteiger partial charge is 0.287 e. The number of alkyl halides is 3. The minimum absolute atomic E-state index is 0.121. The second-order valence-electron chi connectivity index (χ2n) is 6.62. The van der Waals surface area contributed by atoms with Gasteiger partial charge in [-0.1, -0.05) is 24.3 Å². The van der Waals surface area contributed by atoms with E-state index in [1.807, 2.05) is 0 Å². The average molecular weight is 340 g/mol. The van der Waals surface area contributed by atoms with Gasteiger partial charge < -0.3 is 0 Å². The Balaban J connectivity index is 2.10. The maximum absolute atomic E-state index is 14.2. The van der Waals surface area contributed by atoms with Gasteiger partial charge in [0.05, 0.1) is 5.41 Å². The van der Waals surface area contributed by atoms with Crippen LogP contribution in [0.5, 0.6) is 0 Å². The van der Waals surface area contributed by atoms with Crippen LogP contribution in [0, 0.1) is 11.2 Å². The standard InChI is InChI=1S/C17H16F4N2O/c1-16(2)9-23(22-15(16)24)14(17(19,20)21)11-7-10-5-3-4-6-12(10)13(18)8-11/h3-8,14H,9H2,1-2H3,(H,22,24). The molecule has 0 aliphatic carbocycles. The van der Waals surface area contributed by atoms with E-state index < -0.39 is 29.4 Å². The van der Waals surface area contributed by atoms with Gasteiger partial charge in [0, 0.05) is 11.9 Å². The SMILES string of the molecule is CC1(C)CN(C(c2cc(F)c3ccccc3c2)C(F)(F)F)NC1=O. The Hall–Kier alpha value is -2.15. The molecule has 1 aliphatic heterocycles. The van der Waals surface area contributed by atoms with Crippen LogP contribution in [-0.2, 0) is 4.79 Å². The van der Waals surface area contributed by atoms with Gasteiger partial charge >= 0.3 is 6.18 Å². The molecule has 1 heterocycles. The van der Waals surface area contributed by atoms with Gasteiger partial charge in [0.1, 0.15) is 11.9 Å². The van der Waals surface area contributed by atoms with Crippen molar-refractivity contribution >= 4 is 16.7 Å². The van der Waals surface area contributed by atoms with Crippen molar-refractivity contribution in [3.8, 4) is 0 Å². The molecule has 1 atom stereocenters. The number of carbonyl (C=O) groups excluding carboxylic acids is 1. The monoisotopic (exact) mass is 340 g/mol. The van der Waals surface area contributed by atoms with E-state index in [1.165, 1.54) is 12.1 Å². The summed E-state index contributed by atoms with van der Waals surface area (Å²) in [4.78, 5) is 11.9. The molecule has 3 nitrogen and oxygen atoms in total. The van der Waals surface area contributed by atoms with Gasteiger partial charge in [0.25, 0.3) is 0 Å². The lowest BCUT2D eigenvalue weighted by molar-refractivity contribution is -0.191. The molecule has 2 aromatic carbocycles. The van der Waals surface area contributed by atoms with Crippen molar-refractivity contribution in [2.45, 2.75) is 26.1 Å². The van der Waals surface area contributed by atoms with E-state index >= 15 is 0 Å². The van der Waals surface area contributed by atoms with Crippen LogP contribution >= 0.6 is 0 Å². The van der Waals surface area contributed by atoms with E-state index in [9.17, 15) is 22.4 Å². The Morgan fingerprint density at radius 3 is 2.46 bits per heavy atom. The second-order valence-corrected chi connectivity index (χ2v) is 6.62. The number of fused-ring (bicyclic) bond motifs is 1. The summed E-state index contributed by atoms with van der Waals surface area (Å²) in [5.74, 6) is -1.21. The van der Waals surface area contributed by atoms with E-state index in [-0.39, 0.29) is 17.5 Å². The molecule has 0 aromatic heterocycles. The number of nitrogens with one attached hydrogen (secondary N) is 1. The molecule has 1 aliphatic rings. The predicted octanol–water partition coefficient (Wildman–Crippen LogP) is 3.96. The number of amides is 1. The van der Waals surface area contributed by atoms with Gasteiger partial charge in [-0.15, -0.1) is 0 Å². The second kappa shape index (κ2) is 5.44. The number of hydrogen-bond donors (Lipinski definition) is 1. The molecule has 7 heteroatoms. The molecule has 0 saturated carbocycles. The highest BCUT2D eigenvalue weighted by molar-refractivity contribution is 5.84. The number of hydrogen-bond acceptors (Lipinski definition) is 2. The molecule has 1 saturated heterocycles. The lowest BCUT2D eigenvalue weighted by Gasteiger charge is -2.30. The minimum atomic E-state index is -4.66. The molecule has 2 aromatic rings. The van der Waals surface area contributed by atoms with Crippen molar-refractivity contribution in [2.24, 2.45) is 5.41 Å². The summed E-state index contributed by atoms with van der Waals surface area (Å²) in [6, 6.07) is 6.41. The van der Waals surface area contributed by atoms with E-state index in [0.717, 1.165) is 11.1 Å². The average Bonchev–Trinajstić information content (AvgIpc) is 2.70.